The maximum atomic E-state index is 13.9. The number of benzene rings is 2. The van der Waals surface area contributed by atoms with Crippen LogP contribution in [-0.4, -0.2) is 26.9 Å². The first-order chi connectivity index (χ1) is 15.5. The van der Waals surface area contributed by atoms with E-state index in [1.807, 2.05) is 42.7 Å². The average Bonchev–Trinajstić information content (AvgIpc) is 2.99. The molecule has 1 atom stereocenters. The fourth-order valence-electron chi connectivity index (χ4n) is 5.03. The molecule has 3 aromatic rings. The van der Waals surface area contributed by atoms with E-state index in [0.29, 0.717) is 23.1 Å². The van der Waals surface area contributed by atoms with E-state index in [0.717, 1.165) is 17.5 Å². The molecule has 174 valence electrons. The normalized spacial score (nSPS) is 17.1. The molecule has 1 aliphatic rings. The second-order valence-electron chi connectivity index (χ2n) is 10.6. The van der Waals surface area contributed by atoms with Gasteiger partial charge in [0.2, 0.25) is 5.91 Å². The number of anilines is 1. The van der Waals surface area contributed by atoms with Crippen LogP contribution in [0, 0.1) is 5.41 Å². The summed E-state index contributed by atoms with van der Waals surface area (Å²) < 4.78 is 2.00. The maximum Gasteiger partial charge on any atom is 0.251 e. The predicted molar refractivity (Wildman–Crippen MR) is 132 cm³/mol. The topological polar surface area (TPSA) is 67.2 Å². The number of carbonyl (C=O) groups excluding carboxylic acids is 2. The molecule has 1 aromatic heterocycles. The van der Waals surface area contributed by atoms with Gasteiger partial charge in [0.15, 0.2) is 6.04 Å². The minimum atomic E-state index is -0.896. The van der Waals surface area contributed by atoms with Gasteiger partial charge in [0.05, 0.1) is 11.0 Å². The smallest absolute Gasteiger partial charge is 0.251 e. The Morgan fingerprint density at radius 2 is 1.76 bits per heavy atom. The lowest BCUT2D eigenvalue weighted by molar-refractivity contribution is -0.127. The van der Waals surface area contributed by atoms with Crippen LogP contribution in [0.25, 0.3) is 11.0 Å². The summed E-state index contributed by atoms with van der Waals surface area (Å²) in [6.45, 7) is 10.9. The summed E-state index contributed by atoms with van der Waals surface area (Å²) in [5, 5.41) is 3.78. The molecule has 33 heavy (non-hydrogen) atoms. The van der Waals surface area contributed by atoms with Gasteiger partial charge < -0.3 is 9.88 Å². The van der Waals surface area contributed by atoms with Crippen molar-refractivity contribution in [1.82, 2.24) is 14.9 Å². The second-order valence-corrected chi connectivity index (χ2v) is 11.1. The zero-order valence-corrected chi connectivity index (χ0v) is 20.6. The third-order valence-corrected chi connectivity index (χ3v) is 6.04. The Morgan fingerprint density at radius 1 is 1.09 bits per heavy atom. The lowest BCUT2D eigenvalue weighted by atomic mass is 9.81. The summed E-state index contributed by atoms with van der Waals surface area (Å²) in [6, 6.07) is 13.9. The number of fused-ring (bicyclic) bond motifs is 3. The fraction of sp³-hybridized carbons (Fsp3) is 0.423. The summed E-state index contributed by atoms with van der Waals surface area (Å²) in [6.07, 6.45) is 1.05. The number of para-hydroxylation sites is 2. The highest BCUT2D eigenvalue weighted by molar-refractivity contribution is 6.30. The number of rotatable bonds is 4. The van der Waals surface area contributed by atoms with E-state index in [2.05, 4.69) is 26.1 Å². The molecule has 0 aliphatic carbocycles. The monoisotopic (exact) mass is 466 g/mol. The number of carbonyl (C=O) groups is 2. The van der Waals surface area contributed by atoms with Gasteiger partial charge in [-0.05, 0) is 62.1 Å². The van der Waals surface area contributed by atoms with E-state index in [1.54, 1.807) is 29.2 Å². The van der Waals surface area contributed by atoms with Crippen molar-refractivity contribution in [3.05, 3.63) is 59.4 Å². The highest BCUT2D eigenvalue weighted by atomic mass is 35.5. The molecule has 6 nitrogen and oxygen atoms in total. The molecule has 0 bridgehead atoms. The van der Waals surface area contributed by atoms with Crippen LogP contribution >= 0.6 is 11.6 Å². The van der Waals surface area contributed by atoms with Crippen molar-refractivity contribution in [2.45, 2.75) is 65.6 Å². The summed E-state index contributed by atoms with van der Waals surface area (Å²) in [7, 11) is 0. The molecule has 4 rings (SSSR count). The van der Waals surface area contributed by atoms with Crippen LogP contribution < -0.4 is 10.2 Å². The molecule has 0 saturated carbocycles. The van der Waals surface area contributed by atoms with Gasteiger partial charge in [-0.2, -0.15) is 0 Å². The maximum absolute atomic E-state index is 13.9. The van der Waals surface area contributed by atoms with Crippen molar-refractivity contribution < 1.29 is 9.59 Å². The number of aromatic nitrogens is 2. The van der Waals surface area contributed by atoms with E-state index in [-0.39, 0.29) is 23.7 Å². The van der Waals surface area contributed by atoms with E-state index < -0.39 is 11.6 Å². The minimum absolute atomic E-state index is 0.0269. The number of nitrogens with one attached hydrogen (secondary N) is 1. The molecule has 1 aliphatic heterocycles. The van der Waals surface area contributed by atoms with E-state index in [4.69, 9.17) is 16.6 Å². The minimum Gasteiger partial charge on any atom is -0.349 e. The molecule has 0 radical (unpaired) electrons. The third kappa shape index (κ3) is 4.91. The number of halogens is 1. The Kier molecular flexibility index (Phi) is 5.99. The van der Waals surface area contributed by atoms with Crippen molar-refractivity contribution in [3.8, 4) is 0 Å². The Balaban J connectivity index is 1.84. The van der Waals surface area contributed by atoms with Crippen LogP contribution in [0.15, 0.2) is 48.5 Å². The Morgan fingerprint density at radius 3 is 2.42 bits per heavy atom. The summed E-state index contributed by atoms with van der Waals surface area (Å²) in [5.74, 6) is 0.202. The zero-order valence-electron chi connectivity index (χ0n) is 19.9. The van der Waals surface area contributed by atoms with Crippen molar-refractivity contribution >= 4 is 40.1 Å². The molecule has 2 amide bonds. The molecule has 7 heteroatoms. The van der Waals surface area contributed by atoms with E-state index >= 15 is 0 Å². The first kappa shape index (κ1) is 23.3. The van der Waals surface area contributed by atoms with Gasteiger partial charge in [0.25, 0.3) is 5.91 Å². The van der Waals surface area contributed by atoms with Gasteiger partial charge in [-0.3, -0.25) is 14.5 Å². The molecule has 0 fully saturated rings. The highest BCUT2D eigenvalue weighted by Crippen LogP contribution is 2.35. The fourth-order valence-corrected chi connectivity index (χ4v) is 5.15. The van der Waals surface area contributed by atoms with Gasteiger partial charge in [0, 0.05) is 29.2 Å². The van der Waals surface area contributed by atoms with Gasteiger partial charge in [-0.1, -0.05) is 44.5 Å². The average molecular weight is 467 g/mol. The molecular weight excluding hydrogens is 436 g/mol. The number of amides is 2. The van der Waals surface area contributed by atoms with Gasteiger partial charge in [0.1, 0.15) is 5.82 Å². The lowest BCUT2D eigenvalue weighted by Gasteiger charge is -2.36. The molecular formula is C26H31ClN4O2. The van der Waals surface area contributed by atoms with Crippen LogP contribution in [0.5, 0.6) is 0 Å². The highest BCUT2D eigenvalue weighted by Gasteiger charge is 2.41. The molecule has 0 spiro atoms. The first-order valence-corrected chi connectivity index (χ1v) is 11.7. The largest absolute Gasteiger partial charge is 0.349 e. The van der Waals surface area contributed by atoms with Crippen LogP contribution in [0.2, 0.25) is 5.02 Å². The lowest BCUT2D eigenvalue weighted by Crippen LogP contribution is -2.51. The van der Waals surface area contributed by atoms with Crippen molar-refractivity contribution in [3.63, 3.8) is 0 Å². The molecule has 1 unspecified atom stereocenters. The summed E-state index contributed by atoms with van der Waals surface area (Å²) in [5.41, 5.74) is 1.92. The number of hydrogen-bond donors (Lipinski definition) is 1. The Bertz CT molecular complexity index is 1190. The SMILES string of the molecule is CC(C)(C)CC(C)(C)NC(=O)C1c2nc3ccccc3n2CCC(=O)N1c1ccc(Cl)cc1. The van der Waals surface area contributed by atoms with E-state index in [9.17, 15) is 9.59 Å². The second kappa shape index (κ2) is 8.49. The van der Waals surface area contributed by atoms with Crippen LogP contribution in [0.4, 0.5) is 5.69 Å². The standard InChI is InChI=1S/C26H31ClN4O2/c1-25(2,3)16-26(4,5)29-24(33)22-23-28-19-8-6-7-9-20(19)30(23)15-14-21(32)31(22)18-12-10-17(27)11-13-18/h6-13,22H,14-16H2,1-5H3,(H,29,33). The quantitative estimate of drug-likeness (QED) is 0.552. The van der Waals surface area contributed by atoms with Crippen molar-refractivity contribution in [2.75, 3.05) is 4.90 Å². The van der Waals surface area contributed by atoms with Crippen molar-refractivity contribution in [1.29, 1.82) is 0 Å². The van der Waals surface area contributed by atoms with Crippen LogP contribution in [0.3, 0.4) is 0 Å². The molecule has 0 saturated heterocycles. The summed E-state index contributed by atoms with van der Waals surface area (Å²) in [4.78, 5) is 33.7. The van der Waals surface area contributed by atoms with Gasteiger partial charge >= 0.3 is 0 Å². The third-order valence-electron chi connectivity index (χ3n) is 5.79. The number of hydrogen-bond acceptors (Lipinski definition) is 3. The van der Waals surface area contributed by atoms with Gasteiger partial charge in [-0.15, -0.1) is 0 Å². The Hall–Kier alpha value is -2.86. The number of aryl methyl sites for hydroxylation is 1. The van der Waals surface area contributed by atoms with Crippen LogP contribution in [0.1, 0.15) is 59.3 Å². The molecule has 2 heterocycles. The predicted octanol–water partition coefficient (Wildman–Crippen LogP) is 5.50. The first-order valence-electron chi connectivity index (χ1n) is 11.3. The van der Waals surface area contributed by atoms with Crippen molar-refractivity contribution in [2.24, 2.45) is 5.41 Å². The number of imidazole rings is 1. The summed E-state index contributed by atoms with van der Waals surface area (Å²) >= 11 is 6.10. The van der Waals surface area contributed by atoms with Gasteiger partial charge in [-0.25, -0.2) is 4.98 Å². The Labute approximate surface area is 199 Å². The van der Waals surface area contributed by atoms with E-state index in [1.165, 1.54) is 0 Å². The van der Waals surface area contributed by atoms with Crippen LogP contribution in [-0.2, 0) is 16.1 Å². The zero-order chi connectivity index (χ0) is 24.0. The molecule has 2 aromatic carbocycles. The number of nitrogens with zero attached hydrogens (tertiary/aromatic N) is 3. The molecule has 1 N–H and O–H groups in total.